The molecule has 3 aromatic rings. The Kier molecular flexibility index (Phi) is 5.48. The molecule has 3 heterocycles. The number of aromatic nitrogens is 3. The van der Waals surface area contributed by atoms with Crippen LogP contribution >= 0.6 is 11.3 Å². The van der Waals surface area contributed by atoms with Gasteiger partial charge in [0.25, 0.3) is 0 Å². The van der Waals surface area contributed by atoms with Crippen LogP contribution in [0.3, 0.4) is 0 Å². The second-order valence-electron chi connectivity index (χ2n) is 6.91. The SMILES string of the molecule is COc1ccc([C@@H](c2sc3ncnn3c2O)N2CCN(C)CC2)c(OC)c1OC. The number of benzene rings is 1. The molecule has 0 aliphatic carbocycles. The van der Waals surface area contributed by atoms with Crippen LogP contribution in [0.1, 0.15) is 16.5 Å². The predicted octanol–water partition coefficient (Wildman–Crippen LogP) is 1.86. The Hall–Kier alpha value is -2.56. The van der Waals surface area contributed by atoms with E-state index >= 15 is 0 Å². The van der Waals surface area contributed by atoms with Crippen molar-refractivity contribution >= 4 is 16.3 Å². The first-order valence-electron chi connectivity index (χ1n) is 9.31. The van der Waals surface area contributed by atoms with Gasteiger partial charge in [-0.1, -0.05) is 11.3 Å². The Morgan fingerprint density at radius 1 is 1.03 bits per heavy atom. The molecule has 156 valence electrons. The van der Waals surface area contributed by atoms with Crippen LogP contribution in [0.15, 0.2) is 18.5 Å². The summed E-state index contributed by atoms with van der Waals surface area (Å²) in [5, 5.41) is 15.1. The number of rotatable bonds is 6. The van der Waals surface area contributed by atoms with Gasteiger partial charge < -0.3 is 24.2 Å². The van der Waals surface area contributed by atoms with Gasteiger partial charge in [0.1, 0.15) is 6.33 Å². The standard InChI is InChI=1S/C19H25N5O4S/c1-22-7-9-23(10-8-22)14(17-18(25)24-19(29-17)20-11-21-24)12-5-6-13(26-2)16(28-4)15(12)27-3/h5-6,11,14,25H,7-10H2,1-4H3/t14-/m0/s1. The predicted molar refractivity (Wildman–Crippen MR) is 110 cm³/mol. The van der Waals surface area contributed by atoms with E-state index in [0.717, 1.165) is 36.6 Å². The average molecular weight is 420 g/mol. The van der Waals surface area contributed by atoms with E-state index in [1.54, 1.807) is 21.3 Å². The summed E-state index contributed by atoms with van der Waals surface area (Å²) >= 11 is 1.43. The van der Waals surface area contributed by atoms with Crippen LogP contribution in [0, 0.1) is 0 Å². The number of fused-ring (bicyclic) bond motifs is 1. The normalized spacial score (nSPS) is 16.8. The van der Waals surface area contributed by atoms with Crippen molar-refractivity contribution in [3.05, 3.63) is 28.9 Å². The van der Waals surface area contributed by atoms with Crippen LogP contribution < -0.4 is 14.2 Å². The zero-order chi connectivity index (χ0) is 20.5. The summed E-state index contributed by atoms with van der Waals surface area (Å²) in [5.41, 5.74) is 0.898. The number of nitrogens with zero attached hydrogens (tertiary/aromatic N) is 5. The highest BCUT2D eigenvalue weighted by molar-refractivity contribution is 7.17. The summed E-state index contributed by atoms with van der Waals surface area (Å²) in [5.74, 6) is 1.82. The Bertz CT molecular complexity index is 996. The van der Waals surface area contributed by atoms with Gasteiger partial charge in [-0.2, -0.15) is 9.61 Å². The molecule has 0 bridgehead atoms. The van der Waals surface area contributed by atoms with Gasteiger partial charge in [-0.15, -0.1) is 0 Å². The molecule has 0 spiro atoms. The maximum atomic E-state index is 10.9. The first kappa shape index (κ1) is 19.7. The van der Waals surface area contributed by atoms with Crippen LogP contribution in [-0.2, 0) is 0 Å². The van der Waals surface area contributed by atoms with Crippen LogP contribution in [0.5, 0.6) is 23.1 Å². The molecular weight excluding hydrogens is 394 g/mol. The van der Waals surface area contributed by atoms with Gasteiger partial charge in [0, 0.05) is 31.7 Å². The molecule has 0 amide bonds. The van der Waals surface area contributed by atoms with E-state index in [1.165, 1.54) is 22.2 Å². The van der Waals surface area contributed by atoms with Crippen molar-refractivity contribution in [1.82, 2.24) is 24.4 Å². The Labute approximate surface area is 173 Å². The molecule has 2 aromatic heterocycles. The lowest BCUT2D eigenvalue weighted by Crippen LogP contribution is -2.46. The molecule has 1 aliphatic heterocycles. The van der Waals surface area contributed by atoms with Gasteiger partial charge in [-0.05, 0) is 19.2 Å². The number of thiazole rings is 1. The minimum Gasteiger partial charge on any atom is -0.493 e. The van der Waals surface area contributed by atoms with Crippen molar-refractivity contribution in [3.63, 3.8) is 0 Å². The van der Waals surface area contributed by atoms with Gasteiger partial charge in [0.2, 0.25) is 16.6 Å². The molecule has 0 unspecified atom stereocenters. The van der Waals surface area contributed by atoms with E-state index in [0.29, 0.717) is 22.2 Å². The Morgan fingerprint density at radius 3 is 2.38 bits per heavy atom. The largest absolute Gasteiger partial charge is 0.493 e. The maximum Gasteiger partial charge on any atom is 0.230 e. The monoisotopic (exact) mass is 419 g/mol. The van der Waals surface area contributed by atoms with Gasteiger partial charge in [0.05, 0.1) is 32.2 Å². The number of methoxy groups -OCH3 is 3. The van der Waals surface area contributed by atoms with Crippen LogP contribution in [0.25, 0.3) is 4.96 Å². The highest BCUT2D eigenvalue weighted by Gasteiger charge is 2.34. The third-order valence-corrected chi connectivity index (χ3v) is 6.41. The Balaban J connectivity index is 1.89. The quantitative estimate of drug-likeness (QED) is 0.648. The van der Waals surface area contributed by atoms with Crippen molar-refractivity contribution < 1.29 is 19.3 Å². The van der Waals surface area contributed by atoms with E-state index < -0.39 is 0 Å². The third kappa shape index (κ3) is 3.37. The fraction of sp³-hybridized carbons (Fsp3) is 0.474. The molecule has 1 fully saturated rings. The van der Waals surface area contributed by atoms with Crippen LogP contribution in [0.2, 0.25) is 0 Å². The lowest BCUT2D eigenvalue weighted by atomic mass is 10.0. The molecule has 0 saturated carbocycles. The highest BCUT2D eigenvalue weighted by Crippen LogP contribution is 2.48. The van der Waals surface area contributed by atoms with Crippen molar-refractivity contribution in [2.24, 2.45) is 0 Å². The Morgan fingerprint density at radius 2 is 1.76 bits per heavy atom. The molecule has 10 heteroatoms. The first-order valence-corrected chi connectivity index (χ1v) is 10.1. The van der Waals surface area contributed by atoms with Gasteiger partial charge in [-0.25, -0.2) is 4.98 Å². The van der Waals surface area contributed by atoms with E-state index in [1.807, 2.05) is 12.1 Å². The molecule has 9 nitrogen and oxygen atoms in total. The number of piperazine rings is 1. The minimum absolute atomic E-state index is 0.100. The van der Waals surface area contributed by atoms with Gasteiger partial charge >= 0.3 is 0 Å². The van der Waals surface area contributed by atoms with E-state index in [9.17, 15) is 5.11 Å². The van der Waals surface area contributed by atoms with Crippen molar-refractivity contribution in [1.29, 1.82) is 0 Å². The summed E-state index contributed by atoms with van der Waals surface area (Å²) in [6, 6.07) is 3.61. The molecule has 0 radical (unpaired) electrons. The molecule has 1 aromatic carbocycles. The second-order valence-corrected chi connectivity index (χ2v) is 7.92. The van der Waals surface area contributed by atoms with Gasteiger partial charge in [-0.3, -0.25) is 4.90 Å². The third-order valence-electron chi connectivity index (χ3n) is 5.32. The topological polar surface area (TPSA) is 84.6 Å². The zero-order valence-electron chi connectivity index (χ0n) is 17.0. The minimum atomic E-state index is -0.230. The van der Waals surface area contributed by atoms with Crippen LogP contribution in [0.4, 0.5) is 0 Å². The fourth-order valence-corrected chi connectivity index (χ4v) is 4.88. The smallest absolute Gasteiger partial charge is 0.230 e. The summed E-state index contributed by atoms with van der Waals surface area (Å²) in [7, 11) is 6.92. The summed E-state index contributed by atoms with van der Waals surface area (Å²) in [6.45, 7) is 3.58. The summed E-state index contributed by atoms with van der Waals surface area (Å²) in [6.07, 6.45) is 1.44. The number of ether oxygens (including phenoxy) is 3. The lowest BCUT2D eigenvalue weighted by molar-refractivity contribution is 0.125. The number of aromatic hydroxyl groups is 1. The van der Waals surface area contributed by atoms with E-state index in [2.05, 4.69) is 26.9 Å². The summed E-state index contributed by atoms with van der Waals surface area (Å²) < 4.78 is 18.3. The summed E-state index contributed by atoms with van der Waals surface area (Å²) in [4.78, 5) is 10.3. The first-order chi connectivity index (χ1) is 14.1. The zero-order valence-corrected chi connectivity index (χ0v) is 17.8. The molecular formula is C19H25N5O4S. The van der Waals surface area contributed by atoms with E-state index in [-0.39, 0.29) is 11.9 Å². The van der Waals surface area contributed by atoms with Crippen molar-refractivity contribution in [3.8, 4) is 23.1 Å². The van der Waals surface area contributed by atoms with Gasteiger partial charge in [0.15, 0.2) is 11.5 Å². The molecule has 1 aliphatic rings. The lowest BCUT2D eigenvalue weighted by Gasteiger charge is -2.38. The molecule has 1 N–H and O–H groups in total. The second kappa shape index (κ2) is 8.05. The molecule has 1 atom stereocenters. The van der Waals surface area contributed by atoms with Crippen molar-refractivity contribution in [2.45, 2.75) is 6.04 Å². The van der Waals surface area contributed by atoms with E-state index in [4.69, 9.17) is 14.2 Å². The molecule has 4 rings (SSSR count). The average Bonchev–Trinajstić information content (AvgIpc) is 3.32. The maximum absolute atomic E-state index is 10.9. The molecule has 29 heavy (non-hydrogen) atoms. The highest BCUT2D eigenvalue weighted by atomic mass is 32.1. The number of hydrogen-bond donors (Lipinski definition) is 1. The number of likely N-dealkylation sites (N-methyl/N-ethyl adjacent to an activating group) is 1. The molecule has 1 saturated heterocycles. The number of hydrogen-bond acceptors (Lipinski definition) is 9. The fourth-order valence-electron chi connectivity index (χ4n) is 3.80. The van der Waals surface area contributed by atoms with Crippen molar-refractivity contribution in [2.75, 3.05) is 54.6 Å². The van der Waals surface area contributed by atoms with Crippen LogP contribution in [-0.4, -0.2) is 84.1 Å².